The Morgan fingerprint density at radius 2 is 2.19 bits per heavy atom. The molecule has 0 unspecified atom stereocenters. The van der Waals surface area contributed by atoms with Crippen LogP contribution in [-0.4, -0.2) is 12.9 Å². The number of rotatable bonds is 3. The highest BCUT2D eigenvalue weighted by Gasteiger charge is 2.15. The van der Waals surface area contributed by atoms with Crippen LogP contribution in [0.4, 0.5) is 0 Å². The predicted molar refractivity (Wildman–Crippen MR) is 67.9 cm³/mol. The Morgan fingerprint density at radius 1 is 1.38 bits per heavy atom. The van der Waals surface area contributed by atoms with Gasteiger partial charge >= 0.3 is 0 Å². The van der Waals surface area contributed by atoms with Crippen molar-refractivity contribution in [1.29, 1.82) is 0 Å². The summed E-state index contributed by atoms with van der Waals surface area (Å²) in [7, 11) is 1.55. The highest BCUT2D eigenvalue weighted by atomic mass is 127. The molecule has 0 aliphatic carbocycles. The first-order valence-corrected chi connectivity index (χ1v) is 5.70. The summed E-state index contributed by atoms with van der Waals surface area (Å²) < 4.78 is 11.1. The lowest BCUT2D eigenvalue weighted by Crippen LogP contribution is -2.03. The maximum Gasteiger partial charge on any atom is 0.200 e. The Bertz CT molecular complexity index is 503. The van der Waals surface area contributed by atoms with Gasteiger partial charge in [0.25, 0.3) is 0 Å². The quantitative estimate of drug-likeness (QED) is 0.642. The van der Waals surface area contributed by atoms with Crippen LogP contribution in [-0.2, 0) is 0 Å². The maximum atomic E-state index is 12.1. The second-order valence-electron chi connectivity index (χ2n) is 3.19. The summed E-state index contributed by atoms with van der Waals surface area (Å²) in [5.74, 6) is 0.482. The summed E-state index contributed by atoms with van der Waals surface area (Å²) in [5, 5.41) is 0. The molecule has 1 aromatic carbocycles. The van der Waals surface area contributed by atoms with Gasteiger partial charge in [-0.1, -0.05) is 0 Å². The lowest BCUT2D eigenvalue weighted by Gasteiger charge is -2.06. The fourth-order valence-corrected chi connectivity index (χ4v) is 1.90. The van der Waals surface area contributed by atoms with Gasteiger partial charge in [-0.25, -0.2) is 0 Å². The van der Waals surface area contributed by atoms with Gasteiger partial charge in [0.05, 0.1) is 24.5 Å². The van der Waals surface area contributed by atoms with E-state index in [1.165, 1.54) is 12.5 Å². The topological polar surface area (TPSA) is 39.4 Å². The van der Waals surface area contributed by atoms with Crippen molar-refractivity contribution in [2.75, 3.05) is 7.11 Å². The van der Waals surface area contributed by atoms with Crippen molar-refractivity contribution in [3.8, 4) is 5.75 Å². The van der Waals surface area contributed by atoms with Crippen LogP contribution in [0.25, 0.3) is 0 Å². The largest absolute Gasteiger partial charge is 0.496 e. The van der Waals surface area contributed by atoms with Crippen LogP contribution in [0.2, 0.25) is 0 Å². The van der Waals surface area contributed by atoms with Crippen LogP contribution < -0.4 is 4.74 Å². The predicted octanol–water partition coefficient (Wildman–Crippen LogP) is 3.12. The van der Waals surface area contributed by atoms with Crippen molar-refractivity contribution in [3.05, 3.63) is 51.5 Å². The number of ketones is 1. The van der Waals surface area contributed by atoms with Crippen molar-refractivity contribution in [2.24, 2.45) is 0 Å². The number of carbonyl (C=O) groups is 1. The van der Waals surface area contributed by atoms with Crippen molar-refractivity contribution >= 4 is 28.4 Å². The van der Waals surface area contributed by atoms with E-state index in [4.69, 9.17) is 9.15 Å². The Morgan fingerprint density at radius 3 is 2.81 bits per heavy atom. The van der Waals surface area contributed by atoms with Crippen LogP contribution in [0.15, 0.2) is 41.2 Å². The van der Waals surface area contributed by atoms with Crippen molar-refractivity contribution in [1.82, 2.24) is 0 Å². The third kappa shape index (κ3) is 2.11. The Balaban J connectivity index is 2.47. The van der Waals surface area contributed by atoms with Crippen molar-refractivity contribution in [3.63, 3.8) is 0 Å². The monoisotopic (exact) mass is 328 g/mol. The van der Waals surface area contributed by atoms with Crippen molar-refractivity contribution < 1.29 is 13.9 Å². The molecule has 0 radical (unpaired) electrons. The maximum absolute atomic E-state index is 12.1. The third-order valence-corrected chi connectivity index (χ3v) is 2.86. The van der Waals surface area contributed by atoms with Gasteiger partial charge in [-0.05, 0) is 46.9 Å². The van der Waals surface area contributed by atoms with E-state index in [2.05, 4.69) is 22.6 Å². The van der Waals surface area contributed by atoms with E-state index < -0.39 is 0 Å². The molecule has 2 aromatic rings. The number of furan rings is 1. The molecule has 0 bridgehead atoms. The van der Waals surface area contributed by atoms with E-state index in [-0.39, 0.29) is 5.78 Å². The molecule has 0 saturated carbocycles. The molecule has 0 atom stereocenters. The second kappa shape index (κ2) is 4.69. The van der Waals surface area contributed by atoms with Crippen LogP contribution in [0.5, 0.6) is 5.75 Å². The van der Waals surface area contributed by atoms with E-state index in [1.807, 2.05) is 6.07 Å². The molecule has 82 valence electrons. The van der Waals surface area contributed by atoms with Gasteiger partial charge in [0.1, 0.15) is 12.0 Å². The minimum Gasteiger partial charge on any atom is -0.496 e. The van der Waals surface area contributed by atoms with E-state index in [0.29, 0.717) is 16.9 Å². The highest BCUT2D eigenvalue weighted by molar-refractivity contribution is 14.1. The number of ether oxygens (including phenoxy) is 1. The van der Waals surface area contributed by atoms with Crippen LogP contribution >= 0.6 is 22.6 Å². The first-order chi connectivity index (χ1) is 7.72. The summed E-state index contributed by atoms with van der Waals surface area (Å²) in [6.07, 6.45) is 2.91. The van der Waals surface area contributed by atoms with E-state index in [9.17, 15) is 4.79 Å². The molecular weight excluding hydrogens is 319 g/mol. The van der Waals surface area contributed by atoms with Gasteiger partial charge in [-0.15, -0.1) is 0 Å². The number of methoxy groups -OCH3 is 1. The second-order valence-corrected chi connectivity index (χ2v) is 4.43. The zero-order valence-electron chi connectivity index (χ0n) is 8.57. The van der Waals surface area contributed by atoms with Crippen LogP contribution in [0, 0.1) is 3.57 Å². The smallest absolute Gasteiger partial charge is 0.200 e. The average Bonchev–Trinajstić information content (AvgIpc) is 2.81. The minimum atomic E-state index is -0.0934. The molecule has 0 amide bonds. The minimum absolute atomic E-state index is 0.0934. The molecule has 0 aliphatic heterocycles. The van der Waals surface area contributed by atoms with E-state index >= 15 is 0 Å². The molecule has 1 aromatic heterocycles. The Labute approximate surface area is 107 Å². The summed E-state index contributed by atoms with van der Waals surface area (Å²) in [5.41, 5.74) is 1.08. The van der Waals surface area contributed by atoms with Gasteiger partial charge in [0.2, 0.25) is 0 Å². The normalized spacial score (nSPS) is 10.1. The van der Waals surface area contributed by atoms with Crippen molar-refractivity contribution in [2.45, 2.75) is 0 Å². The lowest BCUT2D eigenvalue weighted by molar-refractivity contribution is 0.103. The molecular formula is C12H9IO3. The summed E-state index contributed by atoms with van der Waals surface area (Å²) >= 11 is 2.16. The molecule has 1 heterocycles. The van der Waals surface area contributed by atoms with Gasteiger partial charge < -0.3 is 9.15 Å². The standard InChI is InChI=1S/C12H9IO3/c1-15-11-3-2-9(13)6-10(11)12(14)8-4-5-16-7-8/h2-7H,1H3. The SMILES string of the molecule is COc1ccc(I)cc1C(=O)c1ccoc1. The molecule has 3 nitrogen and oxygen atoms in total. The van der Waals surface area contributed by atoms with Crippen LogP contribution in [0.1, 0.15) is 15.9 Å². The molecule has 2 rings (SSSR count). The molecule has 0 aliphatic rings. The van der Waals surface area contributed by atoms with Crippen LogP contribution in [0.3, 0.4) is 0 Å². The average molecular weight is 328 g/mol. The Hall–Kier alpha value is -1.30. The number of hydrogen-bond donors (Lipinski definition) is 0. The summed E-state index contributed by atoms with van der Waals surface area (Å²) in [4.78, 5) is 12.1. The number of benzene rings is 1. The Kier molecular flexibility index (Phi) is 3.28. The zero-order chi connectivity index (χ0) is 11.5. The number of carbonyl (C=O) groups excluding carboxylic acids is 1. The molecule has 0 N–H and O–H groups in total. The third-order valence-electron chi connectivity index (χ3n) is 2.19. The van der Waals surface area contributed by atoms with Gasteiger partial charge in [0.15, 0.2) is 5.78 Å². The number of halogens is 1. The van der Waals surface area contributed by atoms with Gasteiger partial charge in [-0.3, -0.25) is 4.79 Å². The molecule has 0 spiro atoms. The van der Waals surface area contributed by atoms with Gasteiger partial charge in [-0.2, -0.15) is 0 Å². The van der Waals surface area contributed by atoms with Gasteiger partial charge in [0, 0.05) is 3.57 Å². The first kappa shape index (κ1) is 11.2. The van der Waals surface area contributed by atoms with E-state index in [1.54, 1.807) is 25.3 Å². The lowest BCUT2D eigenvalue weighted by atomic mass is 10.1. The zero-order valence-corrected chi connectivity index (χ0v) is 10.7. The number of hydrogen-bond acceptors (Lipinski definition) is 3. The molecule has 16 heavy (non-hydrogen) atoms. The molecule has 4 heteroatoms. The summed E-state index contributed by atoms with van der Waals surface area (Å²) in [6, 6.07) is 7.12. The summed E-state index contributed by atoms with van der Waals surface area (Å²) in [6.45, 7) is 0. The first-order valence-electron chi connectivity index (χ1n) is 4.63. The fraction of sp³-hybridized carbons (Fsp3) is 0.0833. The van der Waals surface area contributed by atoms with E-state index in [0.717, 1.165) is 3.57 Å². The highest BCUT2D eigenvalue weighted by Crippen LogP contribution is 2.23. The molecule has 0 fully saturated rings. The molecule has 0 saturated heterocycles. The fourth-order valence-electron chi connectivity index (χ4n) is 1.41.